The molecule has 0 aromatic heterocycles. The van der Waals surface area contributed by atoms with Crippen LogP contribution in [0.5, 0.6) is 5.75 Å². The highest BCUT2D eigenvalue weighted by Crippen LogP contribution is 2.28. The molecule has 0 spiro atoms. The number of hydrogen-bond donors (Lipinski definition) is 2. The summed E-state index contributed by atoms with van der Waals surface area (Å²) in [4.78, 5) is -0.267. The SMILES string of the molecule is CC#CCNS(=O)(=O)c1cc(N)c(OC)c(F)c1. The van der Waals surface area contributed by atoms with Crippen LogP contribution < -0.4 is 15.2 Å². The lowest BCUT2D eigenvalue weighted by atomic mass is 10.3. The zero-order valence-corrected chi connectivity index (χ0v) is 10.8. The van der Waals surface area contributed by atoms with E-state index in [0.717, 1.165) is 12.1 Å². The van der Waals surface area contributed by atoms with Crippen LogP contribution in [0.2, 0.25) is 0 Å². The first-order valence-corrected chi connectivity index (χ1v) is 6.43. The molecule has 0 saturated carbocycles. The van der Waals surface area contributed by atoms with Gasteiger partial charge in [0.1, 0.15) is 0 Å². The van der Waals surface area contributed by atoms with E-state index < -0.39 is 15.8 Å². The van der Waals surface area contributed by atoms with Crippen LogP contribution in [0.15, 0.2) is 17.0 Å². The van der Waals surface area contributed by atoms with Crippen molar-refractivity contribution >= 4 is 15.7 Å². The lowest BCUT2D eigenvalue weighted by Gasteiger charge is -2.09. The molecule has 0 fully saturated rings. The van der Waals surface area contributed by atoms with Gasteiger partial charge in [-0.2, -0.15) is 4.72 Å². The van der Waals surface area contributed by atoms with Gasteiger partial charge in [-0.3, -0.25) is 0 Å². The van der Waals surface area contributed by atoms with Crippen molar-refractivity contribution in [3.05, 3.63) is 17.9 Å². The Morgan fingerprint density at radius 1 is 1.50 bits per heavy atom. The Balaban J connectivity index is 3.13. The number of sulfonamides is 1. The van der Waals surface area contributed by atoms with Gasteiger partial charge < -0.3 is 10.5 Å². The number of hydrogen-bond acceptors (Lipinski definition) is 4. The molecule has 0 aliphatic heterocycles. The van der Waals surface area contributed by atoms with Crippen molar-refractivity contribution in [3.8, 4) is 17.6 Å². The Kier molecular flexibility index (Phi) is 4.53. The third kappa shape index (κ3) is 3.12. The second-order valence-corrected chi connectivity index (χ2v) is 5.05. The van der Waals surface area contributed by atoms with Crippen LogP contribution in [0.25, 0.3) is 0 Å². The van der Waals surface area contributed by atoms with E-state index in [4.69, 9.17) is 10.5 Å². The Morgan fingerprint density at radius 3 is 2.67 bits per heavy atom. The molecule has 0 amide bonds. The molecule has 5 nitrogen and oxygen atoms in total. The number of methoxy groups -OCH3 is 1. The second-order valence-electron chi connectivity index (χ2n) is 3.28. The van der Waals surface area contributed by atoms with E-state index in [-0.39, 0.29) is 22.9 Å². The molecular formula is C11H13FN2O3S. The predicted octanol–water partition coefficient (Wildman–Crippen LogP) is 0.718. The maximum absolute atomic E-state index is 13.5. The van der Waals surface area contributed by atoms with Crippen molar-refractivity contribution in [3.63, 3.8) is 0 Å². The molecule has 7 heteroatoms. The molecule has 1 aromatic carbocycles. The number of nitrogen functional groups attached to an aromatic ring is 1. The van der Waals surface area contributed by atoms with Gasteiger partial charge in [-0.15, -0.1) is 5.92 Å². The number of nitrogens with two attached hydrogens (primary N) is 1. The van der Waals surface area contributed by atoms with E-state index in [0.29, 0.717) is 0 Å². The quantitative estimate of drug-likeness (QED) is 0.625. The standard InChI is InChI=1S/C11H13FN2O3S/c1-3-4-5-14-18(15,16)8-6-9(12)11(17-2)10(13)7-8/h6-7,14H,5,13H2,1-2H3. The first kappa shape index (κ1) is 14.3. The van der Waals surface area contributed by atoms with Gasteiger partial charge >= 0.3 is 0 Å². The molecule has 18 heavy (non-hydrogen) atoms. The van der Waals surface area contributed by atoms with Crippen LogP contribution in [0.1, 0.15) is 6.92 Å². The number of anilines is 1. The fourth-order valence-electron chi connectivity index (χ4n) is 1.26. The number of ether oxygens (including phenoxy) is 1. The molecule has 1 aromatic rings. The second kappa shape index (κ2) is 5.71. The summed E-state index contributed by atoms with van der Waals surface area (Å²) in [5, 5.41) is 0. The minimum absolute atomic E-state index is 0.0492. The zero-order valence-electron chi connectivity index (χ0n) is 9.95. The summed E-state index contributed by atoms with van der Waals surface area (Å²) in [7, 11) is -2.58. The summed E-state index contributed by atoms with van der Waals surface area (Å²) < 4.78 is 44.0. The van der Waals surface area contributed by atoms with Crippen LogP contribution in [-0.2, 0) is 10.0 Å². The molecule has 0 aliphatic rings. The Bertz CT molecular complexity index is 579. The summed E-state index contributed by atoms with van der Waals surface area (Å²) in [6.07, 6.45) is 0. The third-order valence-corrected chi connectivity index (χ3v) is 3.47. The van der Waals surface area contributed by atoms with Gasteiger partial charge in [0.05, 0.1) is 24.2 Å². The Labute approximate surface area is 105 Å². The predicted molar refractivity (Wildman–Crippen MR) is 66.0 cm³/mol. The maximum Gasteiger partial charge on any atom is 0.241 e. The molecule has 0 aliphatic carbocycles. The molecule has 1 rings (SSSR count). The minimum Gasteiger partial charge on any atom is -0.492 e. The highest BCUT2D eigenvalue weighted by molar-refractivity contribution is 7.89. The van der Waals surface area contributed by atoms with E-state index in [1.807, 2.05) is 0 Å². The van der Waals surface area contributed by atoms with Gasteiger partial charge in [-0.1, -0.05) is 5.92 Å². The van der Waals surface area contributed by atoms with E-state index in [9.17, 15) is 12.8 Å². The van der Waals surface area contributed by atoms with Crippen LogP contribution in [0.4, 0.5) is 10.1 Å². The molecular weight excluding hydrogens is 259 g/mol. The summed E-state index contributed by atoms with van der Waals surface area (Å²) >= 11 is 0. The van der Waals surface area contributed by atoms with Crippen molar-refractivity contribution < 1.29 is 17.5 Å². The maximum atomic E-state index is 13.5. The molecule has 0 bridgehead atoms. The van der Waals surface area contributed by atoms with Crippen molar-refractivity contribution in [2.24, 2.45) is 0 Å². The normalized spacial score (nSPS) is 10.6. The first-order valence-electron chi connectivity index (χ1n) is 4.94. The molecule has 0 saturated heterocycles. The Hall–Kier alpha value is -1.78. The monoisotopic (exact) mass is 272 g/mol. The molecule has 0 heterocycles. The largest absolute Gasteiger partial charge is 0.492 e. The van der Waals surface area contributed by atoms with Gasteiger partial charge in [0, 0.05) is 0 Å². The number of rotatable bonds is 4. The first-order chi connectivity index (χ1) is 8.42. The summed E-state index contributed by atoms with van der Waals surface area (Å²) in [5.41, 5.74) is 5.42. The molecule has 3 N–H and O–H groups in total. The average Bonchev–Trinajstić information content (AvgIpc) is 2.28. The number of halogens is 1. The van der Waals surface area contributed by atoms with Crippen LogP contribution >= 0.6 is 0 Å². The summed E-state index contributed by atoms with van der Waals surface area (Å²) in [6.45, 7) is 1.53. The van der Waals surface area contributed by atoms with Gasteiger partial charge in [-0.25, -0.2) is 12.8 Å². The van der Waals surface area contributed by atoms with E-state index >= 15 is 0 Å². The summed E-state index contributed by atoms with van der Waals surface area (Å²) in [6, 6.07) is 1.97. The topological polar surface area (TPSA) is 81.4 Å². The van der Waals surface area contributed by atoms with Crippen molar-refractivity contribution in [1.29, 1.82) is 0 Å². The Morgan fingerprint density at radius 2 is 2.17 bits per heavy atom. The molecule has 0 radical (unpaired) electrons. The summed E-state index contributed by atoms with van der Waals surface area (Å²) in [5.74, 6) is 4.06. The van der Waals surface area contributed by atoms with Crippen LogP contribution in [0.3, 0.4) is 0 Å². The number of nitrogens with one attached hydrogen (secondary N) is 1. The van der Waals surface area contributed by atoms with E-state index in [1.165, 1.54) is 7.11 Å². The van der Waals surface area contributed by atoms with Crippen molar-refractivity contribution in [2.45, 2.75) is 11.8 Å². The third-order valence-electron chi connectivity index (χ3n) is 2.09. The number of benzene rings is 1. The minimum atomic E-state index is -3.83. The van der Waals surface area contributed by atoms with Crippen molar-refractivity contribution in [1.82, 2.24) is 4.72 Å². The lowest BCUT2D eigenvalue weighted by Crippen LogP contribution is -2.24. The van der Waals surface area contributed by atoms with E-state index in [1.54, 1.807) is 6.92 Å². The van der Waals surface area contributed by atoms with Crippen LogP contribution in [-0.4, -0.2) is 22.1 Å². The van der Waals surface area contributed by atoms with Gasteiger partial charge in [0.15, 0.2) is 11.6 Å². The molecule has 0 atom stereocenters. The molecule has 0 unspecified atom stereocenters. The average molecular weight is 272 g/mol. The fraction of sp³-hybridized carbons (Fsp3) is 0.273. The van der Waals surface area contributed by atoms with Gasteiger partial charge in [-0.05, 0) is 19.1 Å². The zero-order chi connectivity index (χ0) is 13.8. The van der Waals surface area contributed by atoms with E-state index in [2.05, 4.69) is 16.6 Å². The molecule has 98 valence electrons. The highest BCUT2D eigenvalue weighted by atomic mass is 32.2. The van der Waals surface area contributed by atoms with Crippen LogP contribution in [0, 0.1) is 17.7 Å². The lowest BCUT2D eigenvalue weighted by molar-refractivity contribution is 0.388. The van der Waals surface area contributed by atoms with Gasteiger partial charge in [0.25, 0.3) is 0 Å². The highest BCUT2D eigenvalue weighted by Gasteiger charge is 2.18. The smallest absolute Gasteiger partial charge is 0.241 e. The van der Waals surface area contributed by atoms with Gasteiger partial charge in [0.2, 0.25) is 10.0 Å². The van der Waals surface area contributed by atoms with Crippen molar-refractivity contribution in [2.75, 3.05) is 19.4 Å². The fourth-order valence-corrected chi connectivity index (χ4v) is 2.23.